The molecule has 2 nitrogen and oxygen atoms in total. The van der Waals surface area contributed by atoms with Crippen LogP contribution in [0.3, 0.4) is 0 Å². The minimum absolute atomic E-state index is 0.0845. The van der Waals surface area contributed by atoms with Gasteiger partial charge in [0.05, 0.1) is 20.3 Å². The minimum atomic E-state index is -0.0845. The van der Waals surface area contributed by atoms with E-state index in [-0.39, 0.29) is 4.75 Å². The Morgan fingerprint density at radius 3 is 2.67 bits per heavy atom. The van der Waals surface area contributed by atoms with Crippen LogP contribution in [-0.4, -0.2) is 18.5 Å². The highest BCUT2D eigenvalue weighted by Gasteiger charge is 2.10. The summed E-state index contributed by atoms with van der Waals surface area (Å²) in [6.07, 6.45) is 0. The number of methoxy groups -OCH3 is 1. The van der Waals surface area contributed by atoms with Crippen LogP contribution in [0.25, 0.3) is 0 Å². The van der Waals surface area contributed by atoms with E-state index < -0.39 is 0 Å². The maximum absolute atomic E-state index is 5.55. The molecule has 0 spiro atoms. The molecular weight excluding hydrogens is 208 g/mol. The Morgan fingerprint density at radius 2 is 2.07 bits per heavy atom. The molecule has 3 heteroatoms. The summed E-state index contributed by atoms with van der Waals surface area (Å²) >= 11 is 4.39. The summed E-state index contributed by atoms with van der Waals surface area (Å²) in [5.41, 5.74) is 1.12. The molecule has 0 aliphatic rings. The zero-order chi connectivity index (χ0) is 11.3. The van der Waals surface area contributed by atoms with E-state index in [2.05, 4.69) is 12.6 Å². The van der Waals surface area contributed by atoms with E-state index in [0.29, 0.717) is 13.2 Å². The monoisotopic (exact) mass is 226 g/mol. The van der Waals surface area contributed by atoms with E-state index in [1.54, 1.807) is 7.11 Å². The molecule has 1 aromatic carbocycles. The zero-order valence-corrected chi connectivity index (χ0v) is 10.4. The molecule has 84 valence electrons. The van der Waals surface area contributed by atoms with Crippen molar-refractivity contribution in [1.29, 1.82) is 0 Å². The summed E-state index contributed by atoms with van der Waals surface area (Å²) < 4.78 is 10.6. The summed E-state index contributed by atoms with van der Waals surface area (Å²) in [5, 5.41) is 0. The van der Waals surface area contributed by atoms with Crippen LogP contribution >= 0.6 is 12.6 Å². The maximum atomic E-state index is 5.55. The fraction of sp³-hybridized carbons (Fsp3) is 0.500. The van der Waals surface area contributed by atoms with Gasteiger partial charge in [-0.15, -0.1) is 0 Å². The third kappa shape index (κ3) is 5.09. The summed E-state index contributed by atoms with van der Waals surface area (Å²) in [5.74, 6) is 0.862. The molecule has 0 saturated carbocycles. The molecule has 0 heterocycles. The van der Waals surface area contributed by atoms with Crippen molar-refractivity contribution in [3.8, 4) is 5.75 Å². The standard InChI is InChI=1S/C12H18O2S/c1-12(2,15)9-14-8-10-5-4-6-11(7-10)13-3/h4-7,15H,8-9H2,1-3H3. The average molecular weight is 226 g/mol. The Balaban J connectivity index is 2.44. The van der Waals surface area contributed by atoms with E-state index >= 15 is 0 Å². The second kappa shape index (κ2) is 5.42. The Kier molecular flexibility index (Phi) is 4.48. The molecule has 0 saturated heterocycles. The molecule has 1 rings (SSSR count). The predicted octanol–water partition coefficient (Wildman–Crippen LogP) is 2.92. The lowest BCUT2D eigenvalue weighted by molar-refractivity contribution is 0.107. The van der Waals surface area contributed by atoms with Crippen LogP contribution < -0.4 is 4.74 Å². The molecule has 0 aliphatic carbocycles. The van der Waals surface area contributed by atoms with Gasteiger partial charge in [-0.3, -0.25) is 0 Å². The maximum Gasteiger partial charge on any atom is 0.119 e. The second-order valence-corrected chi connectivity index (χ2v) is 5.37. The fourth-order valence-electron chi connectivity index (χ4n) is 1.18. The van der Waals surface area contributed by atoms with Crippen LogP contribution in [0.15, 0.2) is 24.3 Å². The third-order valence-electron chi connectivity index (χ3n) is 1.86. The van der Waals surface area contributed by atoms with Gasteiger partial charge in [0.1, 0.15) is 5.75 Å². The lowest BCUT2D eigenvalue weighted by Crippen LogP contribution is -2.19. The lowest BCUT2D eigenvalue weighted by Gasteiger charge is -2.17. The van der Waals surface area contributed by atoms with Gasteiger partial charge in [-0.2, -0.15) is 12.6 Å². The van der Waals surface area contributed by atoms with Gasteiger partial charge < -0.3 is 9.47 Å². The van der Waals surface area contributed by atoms with Crippen LogP contribution in [0.5, 0.6) is 5.75 Å². The van der Waals surface area contributed by atoms with Crippen LogP contribution in [-0.2, 0) is 11.3 Å². The van der Waals surface area contributed by atoms with E-state index in [1.165, 1.54) is 0 Å². The Morgan fingerprint density at radius 1 is 1.33 bits per heavy atom. The van der Waals surface area contributed by atoms with E-state index in [0.717, 1.165) is 11.3 Å². The van der Waals surface area contributed by atoms with Gasteiger partial charge in [0.15, 0.2) is 0 Å². The first-order valence-corrected chi connectivity index (χ1v) is 5.39. The number of benzene rings is 1. The number of rotatable bonds is 5. The van der Waals surface area contributed by atoms with Crippen molar-refractivity contribution in [3.63, 3.8) is 0 Å². The quantitative estimate of drug-likeness (QED) is 0.778. The molecule has 0 aromatic heterocycles. The van der Waals surface area contributed by atoms with Gasteiger partial charge in [-0.25, -0.2) is 0 Å². The normalized spacial score (nSPS) is 11.5. The van der Waals surface area contributed by atoms with Crippen molar-refractivity contribution in [2.24, 2.45) is 0 Å². The molecule has 0 radical (unpaired) electrons. The SMILES string of the molecule is COc1cccc(COCC(C)(C)S)c1. The molecular formula is C12H18O2S. The summed E-state index contributed by atoms with van der Waals surface area (Å²) in [4.78, 5) is 0. The molecule has 0 atom stereocenters. The third-order valence-corrected chi connectivity index (χ3v) is 1.99. The van der Waals surface area contributed by atoms with E-state index in [4.69, 9.17) is 9.47 Å². The van der Waals surface area contributed by atoms with Crippen molar-refractivity contribution in [2.45, 2.75) is 25.2 Å². The molecule has 0 bridgehead atoms. The molecule has 0 unspecified atom stereocenters. The molecule has 0 aliphatic heterocycles. The Bertz CT molecular complexity index is 305. The van der Waals surface area contributed by atoms with Crippen LogP contribution in [0, 0.1) is 0 Å². The highest BCUT2D eigenvalue weighted by atomic mass is 32.1. The van der Waals surface area contributed by atoms with Crippen LogP contribution in [0.1, 0.15) is 19.4 Å². The summed E-state index contributed by atoms with van der Waals surface area (Å²) in [7, 11) is 1.66. The van der Waals surface area contributed by atoms with Crippen LogP contribution in [0.2, 0.25) is 0 Å². The van der Waals surface area contributed by atoms with Crippen molar-refractivity contribution in [3.05, 3.63) is 29.8 Å². The van der Waals surface area contributed by atoms with Crippen molar-refractivity contribution < 1.29 is 9.47 Å². The van der Waals surface area contributed by atoms with Crippen molar-refractivity contribution >= 4 is 12.6 Å². The highest BCUT2D eigenvalue weighted by Crippen LogP contribution is 2.16. The van der Waals surface area contributed by atoms with Gasteiger partial charge >= 0.3 is 0 Å². The van der Waals surface area contributed by atoms with Crippen LogP contribution in [0.4, 0.5) is 0 Å². The van der Waals surface area contributed by atoms with Gasteiger partial charge in [-0.1, -0.05) is 12.1 Å². The largest absolute Gasteiger partial charge is 0.497 e. The molecule has 0 N–H and O–H groups in total. The first kappa shape index (κ1) is 12.4. The topological polar surface area (TPSA) is 18.5 Å². The van der Waals surface area contributed by atoms with Crippen molar-refractivity contribution in [2.75, 3.05) is 13.7 Å². The smallest absolute Gasteiger partial charge is 0.119 e. The second-order valence-electron chi connectivity index (χ2n) is 4.16. The van der Waals surface area contributed by atoms with Gasteiger partial charge in [0.25, 0.3) is 0 Å². The van der Waals surface area contributed by atoms with Gasteiger partial charge in [0, 0.05) is 4.75 Å². The molecule has 0 amide bonds. The minimum Gasteiger partial charge on any atom is -0.497 e. The summed E-state index contributed by atoms with van der Waals surface area (Å²) in [6, 6.07) is 7.88. The zero-order valence-electron chi connectivity index (χ0n) is 9.49. The average Bonchev–Trinajstić information content (AvgIpc) is 2.16. The molecule has 0 fully saturated rings. The number of thiol groups is 1. The number of ether oxygens (including phenoxy) is 2. The summed E-state index contributed by atoms with van der Waals surface area (Å²) in [6.45, 7) is 5.29. The van der Waals surface area contributed by atoms with E-state index in [1.807, 2.05) is 38.1 Å². The van der Waals surface area contributed by atoms with Crippen molar-refractivity contribution in [1.82, 2.24) is 0 Å². The van der Waals surface area contributed by atoms with Gasteiger partial charge in [0.2, 0.25) is 0 Å². The Labute approximate surface area is 97.0 Å². The lowest BCUT2D eigenvalue weighted by atomic mass is 10.2. The molecule has 1 aromatic rings. The first-order chi connectivity index (χ1) is 7.01. The first-order valence-electron chi connectivity index (χ1n) is 4.94. The Hall–Kier alpha value is -0.670. The van der Waals surface area contributed by atoms with E-state index in [9.17, 15) is 0 Å². The number of hydrogen-bond acceptors (Lipinski definition) is 3. The fourth-order valence-corrected chi connectivity index (χ4v) is 1.27. The highest BCUT2D eigenvalue weighted by molar-refractivity contribution is 7.81. The molecule has 15 heavy (non-hydrogen) atoms. The predicted molar refractivity (Wildman–Crippen MR) is 65.7 cm³/mol. The van der Waals surface area contributed by atoms with Gasteiger partial charge in [-0.05, 0) is 31.5 Å². The number of hydrogen-bond donors (Lipinski definition) is 1.